The molecule has 7 nitrogen and oxygen atoms in total. The van der Waals surface area contributed by atoms with E-state index in [1.807, 2.05) is 37.3 Å². The van der Waals surface area contributed by atoms with Gasteiger partial charge in [0, 0.05) is 26.0 Å². The van der Waals surface area contributed by atoms with E-state index in [4.69, 9.17) is 11.6 Å². The molecule has 40 heavy (non-hydrogen) atoms. The van der Waals surface area contributed by atoms with E-state index in [1.54, 1.807) is 42.5 Å². The highest BCUT2D eigenvalue weighted by molar-refractivity contribution is 9.10. The lowest BCUT2D eigenvalue weighted by Gasteiger charge is -2.30. The number of aryl methyl sites for hydroxylation is 1. The number of hydrogen-bond acceptors (Lipinski definition) is 6. The van der Waals surface area contributed by atoms with Crippen LogP contribution in [0.3, 0.4) is 0 Å². The maximum atomic E-state index is 13.9. The van der Waals surface area contributed by atoms with E-state index in [2.05, 4.69) is 21.2 Å². The standard InChI is InChI=1S/C29H21BrClN3O4S2/c1-15-4-2-3-5-20(15)32-21(35)14-33-28-25(40-29(33)38)22(16-6-10-18(31)11-7-16)23-24(39-28)27(37)34(26(23)36)19-12-8-17(30)9-13-19/h2-13,22-24H,14H2,1H3,(H,32,35). The summed E-state index contributed by atoms with van der Waals surface area (Å²) < 4.78 is 2.24. The second-order valence-corrected chi connectivity index (χ2v) is 13.0. The Hall–Kier alpha value is -3.18. The zero-order chi connectivity index (χ0) is 28.1. The number of fused-ring (bicyclic) bond motifs is 2. The molecule has 3 aromatic carbocycles. The van der Waals surface area contributed by atoms with E-state index in [0.717, 1.165) is 26.9 Å². The van der Waals surface area contributed by atoms with Gasteiger partial charge in [-0.05, 0) is 60.5 Å². The van der Waals surface area contributed by atoms with E-state index in [-0.39, 0.29) is 29.1 Å². The second-order valence-electron chi connectivity index (χ2n) is 9.57. The summed E-state index contributed by atoms with van der Waals surface area (Å²) in [6.45, 7) is 1.68. The average Bonchev–Trinajstić information content (AvgIpc) is 3.37. The molecule has 11 heteroatoms. The molecule has 1 N–H and O–H groups in total. The third kappa shape index (κ3) is 4.72. The summed E-state index contributed by atoms with van der Waals surface area (Å²) in [5.41, 5.74) is 2.83. The van der Waals surface area contributed by atoms with Crippen molar-refractivity contribution in [1.29, 1.82) is 0 Å². The monoisotopic (exact) mass is 653 g/mol. The number of rotatable bonds is 5. The Morgan fingerprint density at radius 1 is 0.975 bits per heavy atom. The molecule has 3 heterocycles. The zero-order valence-electron chi connectivity index (χ0n) is 21.0. The van der Waals surface area contributed by atoms with Gasteiger partial charge in [-0.1, -0.05) is 81.0 Å². The van der Waals surface area contributed by atoms with Gasteiger partial charge in [0.1, 0.15) is 11.8 Å². The van der Waals surface area contributed by atoms with Crippen LogP contribution in [0.15, 0.2) is 87.1 Å². The highest BCUT2D eigenvalue weighted by atomic mass is 79.9. The molecule has 0 saturated carbocycles. The maximum absolute atomic E-state index is 13.9. The largest absolute Gasteiger partial charge is 0.324 e. The summed E-state index contributed by atoms with van der Waals surface area (Å²) in [4.78, 5) is 55.6. The van der Waals surface area contributed by atoms with E-state index >= 15 is 0 Å². The summed E-state index contributed by atoms with van der Waals surface area (Å²) in [7, 11) is 0. The molecule has 3 atom stereocenters. The quantitative estimate of drug-likeness (QED) is 0.264. The fraction of sp³-hybridized carbons (Fsp3) is 0.172. The number of aromatic nitrogens is 1. The van der Waals surface area contributed by atoms with Crippen molar-refractivity contribution in [2.24, 2.45) is 5.92 Å². The Balaban J connectivity index is 1.41. The van der Waals surface area contributed by atoms with E-state index in [0.29, 0.717) is 26.3 Å². The molecule has 1 saturated heterocycles. The number of nitrogens with zero attached hydrogens (tertiary/aromatic N) is 2. The molecule has 0 spiro atoms. The topological polar surface area (TPSA) is 88.5 Å². The van der Waals surface area contributed by atoms with Gasteiger partial charge in [0.2, 0.25) is 17.7 Å². The number of carbonyl (C=O) groups excluding carboxylic acids is 3. The lowest BCUT2D eigenvalue weighted by molar-refractivity contribution is -0.122. The molecule has 0 bridgehead atoms. The number of imide groups is 1. The minimum Gasteiger partial charge on any atom is -0.324 e. The van der Waals surface area contributed by atoms with Crippen LogP contribution in [-0.4, -0.2) is 27.5 Å². The van der Waals surface area contributed by atoms with Crippen LogP contribution in [0.5, 0.6) is 0 Å². The van der Waals surface area contributed by atoms with Crippen LogP contribution in [0.4, 0.5) is 11.4 Å². The Kier molecular flexibility index (Phi) is 7.20. The summed E-state index contributed by atoms with van der Waals surface area (Å²) in [6, 6.07) is 21.5. The normalized spacial score (nSPS) is 19.9. The van der Waals surface area contributed by atoms with Gasteiger partial charge in [0.05, 0.1) is 16.6 Å². The van der Waals surface area contributed by atoms with E-state index in [1.165, 1.54) is 21.2 Å². The van der Waals surface area contributed by atoms with Crippen molar-refractivity contribution in [3.05, 3.63) is 108 Å². The van der Waals surface area contributed by atoms with Crippen LogP contribution in [0.25, 0.3) is 0 Å². The van der Waals surface area contributed by atoms with Crippen LogP contribution >= 0.6 is 50.6 Å². The smallest absolute Gasteiger partial charge is 0.308 e. The summed E-state index contributed by atoms with van der Waals surface area (Å²) in [5.74, 6) is -2.29. The molecule has 2 aliphatic heterocycles. The number of nitrogens with one attached hydrogen (secondary N) is 1. The molecule has 1 fully saturated rings. The Labute approximate surface area is 251 Å². The zero-order valence-corrected chi connectivity index (χ0v) is 24.9. The number of thioether (sulfide) groups is 1. The first-order valence-corrected chi connectivity index (χ1v) is 15.2. The van der Waals surface area contributed by atoms with Crippen LogP contribution in [0.2, 0.25) is 5.02 Å². The van der Waals surface area contributed by atoms with Gasteiger partial charge in [0.25, 0.3) is 0 Å². The van der Waals surface area contributed by atoms with Gasteiger partial charge in [0.15, 0.2) is 0 Å². The highest BCUT2D eigenvalue weighted by Gasteiger charge is 2.56. The van der Waals surface area contributed by atoms with Gasteiger partial charge in [-0.3, -0.25) is 23.7 Å². The molecule has 2 aliphatic rings. The first-order chi connectivity index (χ1) is 19.2. The third-order valence-corrected chi connectivity index (χ3v) is 10.5. The van der Waals surface area contributed by atoms with Crippen molar-refractivity contribution in [3.8, 4) is 0 Å². The van der Waals surface area contributed by atoms with Crippen molar-refractivity contribution in [2.75, 3.05) is 10.2 Å². The first kappa shape index (κ1) is 27.0. The minimum atomic E-state index is -0.760. The molecule has 1 aromatic heterocycles. The molecule has 0 aliphatic carbocycles. The van der Waals surface area contributed by atoms with Gasteiger partial charge in [-0.15, -0.1) is 0 Å². The molecule has 6 rings (SSSR count). The van der Waals surface area contributed by atoms with Gasteiger partial charge in [-0.2, -0.15) is 0 Å². The number of benzene rings is 3. The molecule has 4 aromatic rings. The second kappa shape index (κ2) is 10.7. The fourth-order valence-electron chi connectivity index (χ4n) is 5.18. The SMILES string of the molecule is Cc1ccccc1NC(=O)Cn1c2c(sc1=O)C(c1ccc(Cl)cc1)C1C(=O)N(c3ccc(Br)cc3)C(=O)C1S2. The van der Waals surface area contributed by atoms with Crippen molar-refractivity contribution >= 4 is 79.7 Å². The number of hydrogen-bond donors (Lipinski definition) is 1. The number of para-hydroxylation sites is 1. The third-order valence-electron chi connectivity index (χ3n) is 7.08. The molecule has 202 valence electrons. The molecular weight excluding hydrogens is 634 g/mol. The number of amides is 3. The van der Waals surface area contributed by atoms with Crippen molar-refractivity contribution < 1.29 is 14.4 Å². The molecular formula is C29H21BrClN3O4S2. The van der Waals surface area contributed by atoms with Crippen molar-refractivity contribution in [1.82, 2.24) is 4.57 Å². The predicted molar refractivity (Wildman–Crippen MR) is 161 cm³/mol. The Bertz CT molecular complexity index is 1720. The Morgan fingerprint density at radius 2 is 1.68 bits per heavy atom. The number of carbonyl (C=O) groups is 3. The summed E-state index contributed by atoms with van der Waals surface area (Å²) in [6.07, 6.45) is 0. The number of halogens is 2. The van der Waals surface area contributed by atoms with Crippen molar-refractivity contribution in [3.63, 3.8) is 0 Å². The highest BCUT2D eigenvalue weighted by Crippen LogP contribution is 2.54. The van der Waals surface area contributed by atoms with Gasteiger partial charge < -0.3 is 5.32 Å². The van der Waals surface area contributed by atoms with Crippen LogP contribution in [0.1, 0.15) is 21.9 Å². The fourth-order valence-corrected chi connectivity index (χ4v) is 8.34. The summed E-state index contributed by atoms with van der Waals surface area (Å²) >= 11 is 11.8. The summed E-state index contributed by atoms with van der Waals surface area (Å²) in [5, 5.41) is 3.19. The van der Waals surface area contributed by atoms with Gasteiger partial charge in [-0.25, -0.2) is 4.90 Å². The molecule has 3 unspecified atom stereocenters. The van der Waals surface area contributed by atoms with Crippen molar-refractivity contribution in [2.45, 2.75) is 29.7 Å². The van der Waals surface area contributed by atoms with E-state index < -0.39 is 17.1 Å². The number of anilines is 2. The first-order valence-electron chi connectivity index (χ1n) is 12.4. The van der Waals surface area contributed by atoms with Gasteiger partial charge >= 0.3 is 4.87 Å². The molecule has 3 amide bonds. The lowest BCUT2D eigenvalue weighted by atomic mass is 9.83. The van der Waals surface area contributed by atoms with Crippen LogP contribution in [0, 0.1) is 12.8 Å². The van der Waals surface area contributed by atoms with Crippen LogP contribution < -0.4 is 15.1 Å². The molecule has 0 radical (unpaired) electrons. The average molecular weight is 655 g/mol. The number of thiazole rings is 1. The predicted octanol–water partition coefficient (Wildman–Crippen LogP) is 6.07. The van der Waals surface area contributed by atoms with E-state index in [9.17, 15) is 19.2 Å². The minimum absolute atomic E-state index is 0.213. The maximum Gasteiger partial charge on any atom is 0.308 e. The van der Waals surface area contributed by atoms with Crippen LogP contribution in [-0.2, 0) is 20.9 Å². The lowest BCUT2D eigenvalue weighted by Crippen LogP contribution is -2.33. The Morgan fingerprint density at radius 3 is 2.38 bits per heavy atom.